The van der Waals surface area contributed by atoms with Crippen molar-refractivity contribution in [3.05, 3.63) is 91.0 Å². The zero-order valence-corrected chi connectivity index (χ0v) is 15.8. The maximum atomic E-state index is 9.12. The zero-order valence-electron chi connectivity index (χ0n) is 15.0. The summed E-state index contributed by atoms with van der Waals surface area (Å²) in [5.41, 5.74) is 4.75. The second-order valence-electron chi connectivity index (χ2n) is 6.61. The van der Waals surface area contributed by atoms with E-state index >= 15 is 0 Å². The van der Waals surface area contributed by atoms with Gasteiger partial charge in [0, 0.05) is 20.2 Å². The topological polar surface area (TPSA) is 29.5 Å². The van der Waals surface area contributed by atoms with Gasteiger partial charge in [-0.15, -0.1) is 11.3 Å². The van der Waals surface area contributed by atoms with Gasteiger partial charge in [0.15, 0.2) is 0 Å². The minimum Gasteiger partial charge on any atom is -0.537 e. The van der Waals surface area contributed by atoms with Gasteiger partial charge in [0.1, 0.15) is 5.75 Å². The lowest BCUT2D eigenvalue weighted by molar-refractivity contribution is 0.457. The van der Waals surface area contributed by atoms with E-state index in [2.05, 4.69) is 72.8 Å². The first kappa shape index (κ1) is 17.1. The van der Waals surface area contributed by atoms with Crippen LogP contribution in [0.5, 0.6) is 5.75 Å². The van der Waals surface area contributed by atoms with Crippen LogP contribution in [0.1, 0.15) is 0 Å². The SMILES string of the molecule is O[B]Oc1cccc2sc3ccc(-c4cccc(-c5ccccc5)c4)cc3c12. The van der Waals surface area contributed by atoms with Crippen LogP contribution in [0.25, 0.3) is 42.4 Å². The van der Waals surface area contributed by atoms with Gasteiger partial charge in [0.2, 0.25) is 0 Å². The smallest absolute Gasteiger partial charge is 0.537 e. The van der Waals surface area contributed by atoms with Gasteiger partial charge < -0.3 is 9.68 Å². The summed E-state index contributed by atoms with van der Waals surface area (Å²) in [6.07, 6.45) is 0. The Morgan fingerprint density at radius 2 is 1.36 bits per heavy atom. The summed E-state index contributed by atoms with van der Waals surface area (Å²) < 4.78 is 7.69. The minimum absolute atomic E-state index is 0.668. The Labute approximate surface area is 168 Å². The highest BCUT2D eigenvalue weighted by Gasteiger charge is 2.12. The van der Waals surface area contributed by atoms with Crippen LogP contribution in [0.15, 0.2) is 91.0 Å². The maximum absolute atomic E-state index is 9.12. The molecule has 28 heavy (non-hydrogen) atoms. The second-order valence-corrected chi connectivity index (χ2v) is 7.70. The Morgan fingerprint density at radius 1 is 0.643 bits per heavy atom. The van der Waals surface area contributed by atoms with Crippen LogP contribution >= 0.6 is 11.3 Å². The minimum atomic E-state index is 0.668. The van der Waals surface area contributed by atoms with Crippen LogP contribution in [0.4, 0.5) is 0 Å². The Bertz CT molecular complexity index is 1280. The lowest BCUT2D eigenvalue weighted by Crippen LogP contribution is -1.99. The molecular formula is C24H16BO2S. The van der Waals surface area contributed by atoms with Gasteiger partial charge in [-0.1, -0.05) is 60.7 Å². The molecule has 0 saturated carbocycles. The molecule has 0 spiro atoms. The number of benzene rings is 4. The van der Waals surface area contributed by atoms with Crippen molar-refractivity contribution in [3.63, 3.8) is 0 Å². The van der Waals surface area contributed by atoms with Crippen molar-refractivity contribution >= 4 is 39.2 Å². The molecule has 5 rings (SSSR count). The molecule has 0 bridgehead atoms. The summed E-state index contributed by atoms with van der Waals surface area (Å²) in [5.74, 6) is 0.668. The fourth-order valence-electron chi connectivity index (χ4n) is 3.64. The lowest BCUT2D eigenvalue weighted by atomic mass is 9.98. The fourth-order valence-corrected chi connectivity index (χ4v) is 4.74. The van der Waals surface area contributed by atoms with Gasteiger partial charge in [-0.3, -0.25) is 0 Å². The van der Waals surface area contributed by atoms with E-state index in [1.807, 2.05) is 18.2 Å². The largest absolute Gasteiger partial charge is 0.569 e. The monoisotopic (exact) mass is 379 g/mol. The number of thiophene rings is 1. The average molecular weight is 379 g/mol. The maximum Gasteiger partial charge on any atom is 0.569 e. The Hall–Kier alpha value is -3.08. The molecule has 0 atom stereocenters. The van der Waals surface area contributed by atoms with Gasteiger partial charge in [0.05, 0.1) is 0 Å². The van der Waals surface area contributed by atoms with Crippen molar-refractivity contribution in [1.29, 1.82) is 0 Å². The third-order valence-corrected chi connectivity index (χ3v) is 6.08. The molecule has 133 valence electrons. The highest BCUT2D eigenvalue weighted by Crippen LogP contribution is 2.41. The molecule has 4 heteroatoms. The molecule has 4 aromatic carbocycles. The molecule has 5 aromatic rings. The summed E-state index contributed by atoms with van der Waals surface area (Å²) >= 11 is 1.73. The van der Waals surface area contributed by atoms with Gasteiger partial charge in [-0.2, -0.15) is 0 Å². The number of fused-ring (bicyclic) bond motifs is 3. The molecule has 2 nitrogen and oxygen atoms in total. The zero-order chi connectivity index (χ0) is 18.9. The van der Waals surface area contributed by atoms with Crippen LogP contribution in [-0.4, -0.2) is 12.7 Å². The van der Waals surface area contributed by atoms with Crippen molar-refractivity contribution in [2.45, 2.75) is 0 Å². The third kappa shape index (κ3) is 2.97. The van der Waals surface area contributed by atoms with Crippen molar-refractivity contribution in [3.8, 4) is 28.0 Å². The molecule has 0 fully saturated rings. The summed E-state index contributed by atoms with van der Waals surface area (Å²) in [7, 11) is 0.742. The summed E-state index contributed by atoms with van der Waals surface area (Å²) in [6, 6.07) is 31.5. The molecule has 0 aliphatic heterocycles. The second kappa shape index (κ2) is 7.15. The van der Waals surface area contributed by atoms with Crippen molar-refractivity contribution in [2.24, 2.45) is 0 Å². The van der Waals surface area contributed by atoms with Gasteiger partial charge in [-0.05, 0) is 52.6 Å². The molecule has 0 unspecified atom stereocenters. The summed E-state index contributed by atoms with van der Waals surface area (Å²) in [6.45, 7) is 0. The third-order valence-electron chi connectivity index (χ3n) is 4.94. The molecule has 0 amide bonds. The number of hydrogen-bond acceptors (Lipinski definition) is 3. The number of rotatable bonds is 4. The van der Waals surface area contributed by atoms with Crippen LogP contribution in [0.3, 0.4) is 0 Å². The van der Waals surface area contributed by atoms with E-state index in [1.165, 1.54) is 21.4 Å². The van der Waals surface area contributed by atoms with Gasteiger partial charge in [-0.25, -0.2) is 0 Å². The first-order chi connectivity index (χ1) is 13.8. The predicted molar refractivity (Wildman–Crippen MR) is 119 cm³/mol. The Morgan fingerprint density at radius 3 is 2.18 bits per heavy atom. The van der Waals surface area contributed by atoms with E-state index in [1.54, 1.807) is 11.3 Å². The molecule has 1 aromatic heterocycles. The van der Waals surface area contributed by atoms with Gasteiger partial charge in [0.25, 0.3) is 0 Å². The number of hydrogen-bond donors (Lipinski definition) is 1. The van der Waals surface area contributed by atoms with Crippen LogP contribution in [0, 0.1) is 0 Å². The lowest BCUT2D eigenvalue weighted by Gasteiger charge is -2.07. The van der Waals surface area contributed by atoms with E-state index in [9.17, 15) is 0 Å². The Kier molecular flexibility index (Phi) is 4.36. The average Bonchev–Trinajstić information content (AvgIpc) is 3.13. The molecule has 1 heterocycles. The van der Waals surface area contributed by atoms with E-state index in [-0.39, 0.29) is 0 Å². The Balaban J connectivity index is 1.67. The first-order valence-electron chi connectivity index (χ1n) is 9.07. The molecule has 0 aliphatic carbocycles. The molecule has 1 N–H and O–H groups in total. The van der Waals surface area contributed by atoms with Crippen molar-refractivity contribution < 1.29 is 9.68 Å². The van der Waals surface area contributed by atoms with Crippen LogP contribution < -0.4 is 4.65 Å². The highest BCUT2D eigenvalue weighted by molar-refractivity contribution is 7.25. The molecule has 0 aliphatic rings. The summed E-state index contributed by atoms with van der Waals surface area (Å²) in [5, 5.41) is 11.3. The molecular weight excluding hydrogens is 363 g/mol. The fraction of sp³-hybridized carbons (Fsp3) is 0. The van der Waals surface area contributed by atoms with Crippen LogP contribution in [0.2, 0.25) is 0 Å². The summed E-state index contributed by atoms with van der Waals surface area (Å²) in [4.78, 5) is 0. The standard InChI is InChI=1S/C24H16BO2S/c26-25-27-21-10-5-11-23-24(21)20-15-19(12-13-22(20)28-23)18-9-4-8-17(14-18)16-6-2-1-3-7-16/h1-15,26H. The van der Waals surface area contributed by atoms with E-state index in [0.29, 0.717) is 5.75 Å². The van der Waals surface area contributed by atoms with Crippen molar-refractivity contribution in [1.82, 2.24) is 0 Å². The van der Waals surface area contributed by atoms with E-state index in [0.717, 1.165) is 28.7 Å². The first-order valence-corrected chi connectivity index (χ1v) is 9.89. The quantitative estimate of drug-likeness (QED) is 0.372. The van der Waals surface area contributed by atoms with Crippen LogP contribution in [-0.2, 0) is 0 Å². The molecule has 0 saturated heterocycles. The normalized spacial score (nSPS) is 11.0. The van der Waals surface area contributed by atoms with Crippen molar-refractivity contribution in [2.75, 3.05) is 0 Å². The highest BCUT2D eigenvalue weighted by atomic mass is 32.1. The van der Waals surface area contributed by atoms with E-state index in [4.69, 9.17) is 9.68 Å². The van der Waals surface area contributed by atoms with E-state index < -0.39 is 0 Å². The van der Waals surface area contributed by atoms with Gasteiger partial charge >= 0.3 is 7.69 Å². The predicted octanol–water partition coefficient (Wildman–Crippen LogP) is 6.29. The molecule has 1 radical (unpaired) electrons.